The van der Waals surface area contributed by atoms with Crippen LogP contribution in [0.4, 0.5) is 5.69 Å². The summed E-state index contributed by atoms with van der Waals surface area (Å²) in [6.07, 6.45) is 0. The number of nitrogens with one attached hydrogen (secondary N) is 1. The van der Waals surface area contributed by atoms with E-state index in [1.165, 1.54) is 4.52 Å². The summed E-state index contributed by atoms with van der Waals surface area (Å²) in [6.45, 7) is 1.85. The van der Waals surface area contributed by atoms with Crippen LogP contribution in [-0.4, -0.2) is 14.6 Å². The Balaban J connectivity index is 1.83. The number of H-pyrrole nitrogens is 1. The number of aryl methyl sites for hydroxylation is 1. The van der Waals surface area contributed by atoms with E-state index in [0.717, 1.165) is 22.4 Å². The van der Waals surface area contributed by atoms with Gasteiger partial charge in [-0.1, -0.05) is 66.7 Å². The minimum atomic E-state index is -0.254. The number of thiol groups is 1. The molecule has 0 amide bonds. The van der Waals surface area contributed by atoms with Gasteiger partial charge in [-0.15, -0.1) is 17.5 Å². The van der Waals surface area contributed by atoms with E-state index in [9.17, 15) is 9.70 Å². The summed E-state index contributed by atoms with van der Waals surface area (Å²) in [5, 5.41) is 7.68. The molecule has 156 valence electrons. The number of aromatic amines is 1. The van der Waals surface area contributed by atoms with Crippen molar-refractivity contribution in [3.8, 4) is 33.5 Å². The van der Waals surface area contributed by atoms with Crippen LogP contribution < -0.4 is 5.56 Å². The predicted octanol–water partition coefficient (Wildman–Crippen LogP) is 6.02. The molecule has 0 aliphatic carbocycles. The smallest absolute Gasteiger partial charge is 0.282 e. The molecule has 3 aromatic carbocycles. The van der Waals surface area contributed by atoms with E-state index in [4.69, 9.17) is 5.10 Å². The van der Waals surface area contributed by atoms with Crippen molar-refractivity contribution in [3.05, 3.63) is 99.8 Å². The second-order valence-corrected chi connectivity index (χ2v) is 7.92. The number of rotatable bonds is 4. The van der Waals surface area contributed by atoms with Crippen LogP contribution in [0.5, 0.6) is 0 Å². The maximum Gasteiger partial charge on any atom is 0.282 e. The highest BCUT2D eigenvalue weighted by Gasteiger charge is 2.21. The zero-order chi connectivity index (χ0) is 22.2. The number of hydrogen-bond acceptors (Lipinski definition) is 5. The zero-order valence-electron chi connectivity index (χ0n) is 17.1. The Morgan fingerprint density at radius 2 is 1.53 bits per heavy atom. The fourth-order valence-corrected chi connectivity index (χ4v) is 4.21. The van der Waals surface area contributed by atoms with Gasteiger partial charge in [-0.3, -0.25) is 4.79 Å². The first-order valence-electron chi connectivity index (χ1n) is 10.0. The van der Waals surface area contributed by atoms with Crippen LogP contribution in [0.15, 0.2) is 93.7 Å². The number of fused-ring (bicyclic) bond motifs is 1. The van der Waals surface area contributed by atoms with Gasteiger partial charge in [0.1, 0.15) is 17.0 Å². The van der Waals surface area contributed by atoms with Crippen LogP contribution in [0.1, 0.15) is 5.69 Å². The van der Waals surface area contributed by atoms with Gasteiger partial charge in [0.2, 0.25) is 0 Å². The Bertz CT molecular complexity index is 1520. The molecule has 2 heterocycles. The molecule has 6 nitrogen and oxygen atoms in total. The van der Waals surface area contributed by atoms with Crippen LogP contribution >= 0.6 is 12.6 Å². The third-order valence-corrected chi connectivity index (χ3v) is 5.80. The van der Waals surface area contributed by atoms with E-state index >= 15 is 0 Å². The average Bonchev–Trinajstić information content (AvgIpc) is 3.20. The van der Waals surface area contributed by atoms with Gasteiger partial charge in [0.25, 0.3) is 5.56 Å². The lowest BCUT2D eigenvalue weighted by atomic mass is 10.0. The maximum absolute atomic E-state index is 13.6. The molecule has 0 fully saturated rings. The Morgan fingerprint density at radius 1 is 0.875 bits per heavy atom. The molecule has 0 atom stereocenters. The summed E-state index contributed by atoms with van der Waals surface area (Å²) in [4.78, 5) is 28.3. The summed E-state index contributed by atoms with van der Waals surface area (Å²) in [5.74, 6) is 0. The summed E-state index contributed by atoms with van der Waals surface area (Å²) >= 11 is 4.33. The van der Waals surface area contributed by atoms with Crippen molar-refractivity contribution in [3.63, 3.8) is 0 Å². The highest BCUT2D eigenvalue weighted by molar-refractivity contribution is 7.80. The van der Waals surface area contributed by atoms with Gasteiger partial charge in [0.15, 0.2) is 0 Å². The van der Waals surface area contributed by atoms with E-state index in [0.29, 0.717) is 27.4 Å². The molecule has 5 aromatic rings. The first kappa shape index (κ1) is 20.0. The molecule has 0 spiro atoms. The molecular weight excluding hydrogens is 420 g/mol. The van der Waals surface area contributed by atoms with Crippen LogP contribution in [0.2, 0.25) is 0 Å². The molecule has 0 aliphatic rings. The number of hydrogen-bond donors (Lipinski definition) is 2. The van der Waals surface area contributed by atoms with Crippen molar-refractivity contribution in [1.29, 1.82) is 0 Å². The zero-order valence-corrected chi connectivity index (χ0v) is 18.0. The average molecular weight is 439 g/mol. The number of nitroso groups, excluding NO2 is 1. The van der Waals surface area contributed by atoms with Gasteiger partial charge in [-0.25, -0.2) is 0 Å². The standard InChI is InChI=1S/C25H18N4O2S/c1-15-21(18-12-13-19(28-31)20(32)14-18)25(30)29-24(26-15)22(16-8-4-2-5-9-16)23(27-29)17-10-6-3-7-11-17/h2-14,26,32H,1H3. The van der Waals surface area contributed by atoms with Crippen LogP contribution in [-0.2, 0) is 0 Å². The highest BCUT2D eigenvalue weighted by atomic mass is 32.1. The van der Waals surface area contributed by atoms with Gasteiger partial charge >= 0.3 is 0 Å². The molecule has 7 heteroatoms. The molecule has 0 aliphatic heterocycles. The third-order valence-electron chi connectivity index (χ3n) is 5.44. The SMILES string of the molecule is Cc1[nH]c2c(-c3ccccc3)c(-c3ccccc3)nn2c(=O)c1-c1ccc(N=O)c(S)c1. The fraction of sp³-hybridized carbons (Fsp3) is 0.0400. The molecule has 0 saturated heterocycles. The van der Waals surface area contributed by atoms with Crippen molar-refractivity contribution in [1.82, 2.24) is 14.6 Å². The normalized spacial score (nSPS) is 11.1. The lowest BCUT2D eigenvalue weighted by molar-refractivity contribution is 0.896. The van der Waals surface area contributed by atoms with Gasteiger partial charge in [0.05, 0.1) is 11.1 Å². The molecule has 5 rings (SSSR count). The minimum Gasteiger partial charge on any atom is -0.343 e. The second kappa shape index (κ2) is 7.94. The van der Waals surface area contributed by atoms with Gasteiger partial charge in [0, 0.05) is 16.2 Å². The predicted molar refractivity (Wildman–Crippen MR) is 130 cm³/mol. The molecular formula is C25H18N4O2S. The lowest BCUT2D eigenvalue weighted by Crippen LogP contribution is -2.19. The largest absolute Gasteiger partial charge is 0.343 e. The Kier molecular flexibility index (Phi) is 4.95. The molecule has 2 aromatic heterocycles. The monoisotopic (exact) mass is 438 g/mol. The molecule has 32 heavy (non-hydrogen) atoms. The highest BCUT2D eigenvalue weighted by Crippen LogP contribution is 2.35. The van der Waals surface area contributed by atoms with Crippen LogP contribution in [0.3, 0.4) is 0 Å². The lowest BCUT2D eigenvalue weighted by Gasteiger charge is -2.09. The van der Waals surface area contributed by atoms with E-state index in [2.05, 4.69) is 22.8 Å². The quantitative estimate of drug-likeness (QED) is 0.266. The Hall–Kier alpha value is -3.97. The number of aromatic nitrogens is 3. The van der Waals surface area contributed by atoms with Crippen molar-refractivity contribution in [2.24, 2.45) is 5.18 Å². The van der Waals surface area contributed by atoms with Crippen molar-refractivity contribution in [2.45, 2.75) is 11.8 Å². The summed E-state index contributed by atoms with van der Waals surface area (Å²) < 4.78 is 1.41. The maximum atomic E-state index is 13.6. The van der Waals surface area contributed by atoms with E-state index < -0.39 is 0 Å². The van der Waals surface area contributed by atoms with Crippen molar-refractivity contribution >= 4 is 24.0 Å². The first-order valence-corrected chi connectivity index (χ1v) is 10.5. The van der Waals surface area contributed by atoms with Crippen LogP contribution in [0, 0.1) is 11.8 Å². The van der Waals surface area contributed by atoms with Gasteiger partial charge in [-0.2, -0.15) is 9.61 Å². The van der Waals surface area contributed by atoms with E-state index in [-0.39, 0.29) is 11.2 Å². The van der Waals surface area contributed by atoms with Crippen LogP contribution in [0.25, 0.3) is 39.2 Å². The number of nitrogens with zero attached hydrogens (tertiary/aromatic N) is 3. The minimum absolute atomic E-state index is 0.226. The topological polar surface area (TPSA) is 79.6 Å². The Morgan fingerprint density at radius 3 is 2.16 bits per heavy atom. The van der Waals surface area contributed by atoms with Crippen molar-refractivity contribution in [2.75, 3.05) is 0 Å². The van der Waals surface area contributed by atoms with Gasteiger partial charge in [-0.05, 0) is 35.4 Å². The fourth-order valence-electron chi connectivity index (χ4n) is 3.96. The summed E-state index contributed by atoms with van der Waals surface area (Å²) in [7, 11) is 0. The summed E-state index contributed by atoms with van der Waals surface area (Å²) in [6, 6.07) is 24.6. The second-order valence-electron chi connectivity index (χ2n) is 7.44. The van der Waals surface area contributed by atoms with Crippen molar-refractivity contribution < 1.29 is 0 Å². The Labute approximate surface area is 189 Å². The summed E-state index contributed by atoms with van der Waals surface area (Å²) in [5.41, 5.74) is 5.85. The third kappa shape index (κ3) is 3.23. The molecule has 0 saturated carbocycles. The van der Waals surface area contributed by atoms with Gasteiger partial charge < -0.3 is 4.98 Å². The molecule has 0 bridgehead atoms. The van der Waals surface area contributed by atoms with E-state index in [1.54, 1.807) is 18.2 Å². The molecule has 0 unspecified atom stereocenters. The molecule has 1 N–H and O–H groups in total. The molecule has 0 radical (unpaired) electrons. The first-order chi connectivity index (χ1) is 15.6. The number of benzene rings is 3. The van der Waals surface area contributed by atoms with E-state index in [1.807, 2.05) is 67.6 Å².